The molecule has 0 bridgehead atoms. The maximum absolute atomic E-state index is 5.37. The van der Waals surface area contributed by atoms with Gasteiger partial charge in [-0.3, -0.25) is 4.90 Å². The van der Waals surface area contributed by atoms with Gasteiger partial charge in [0.1, 0.15) is 5.76 Å². The molecule has 1 N–H and O–H groups in total. The van der Waals surface area contributed by atoms with Crippen molar-refractivity contribution in [2.45, 2.75) is 58.2 Å². The van der Waals surface area contributed by atoms with Gasteiger partial charge in [-0.25, -0.2) is 0 Å². The summed E-state index contributed by atoms with van der Waals surface area (Å²) in [5.41, 5.74) is 1.31. The molecule has 1 unspecified atom stereocenters. The number of nitrogens with one attached hydrogen (secondary N) is 1. The third-order valence-electron chi connectivity index (χ3n) is 3.85. The van der Waals surface area contributed by atoms with E-state index in [9.17, 15) is 0 Å². The fourth-order valence-electron chi connectivity index (χ4n) is 2.37. The second-order valence-corrected chi connectivity index (χ2v) is 5.54. The lowest BCUT2D eigenvalue weighted by atomic mass is 10.1. The molecule has 1 aliphatic rings. The average molecular weight is 250 g/mol. The molecule has 102 valence electrons. The quantitative estimate of drug-likeness (QED) is 0.769. The largest absolute Gasteiger partial charge is 0.469 e. The number of likely N-dealkylation sites (N-methyl/N-ethyl adjacent to an activating group) is 1. The highest BCUT2D eigenvalue weighted by atomic mass is 16.3. The first-order chi connectivity index (χ1) is 8.70. The van der Waals surface area contributed by atoms with Crippen molar-refractivity contribution in [1.29, 1.82) is 0 Å². The highest BCUT2D eigenvalue weighted by Crippen LogP contribution is 2.20. The van der Waals surface area contributed by atoms with E-state index in [2.05, 4.69) is 30.3 Å². The molecular formula is C15H26N2O. The van der Waals surface area contributed by atoms with E-state index in [4.69, 9.17) is 4.42 Å². The number of hydrogen-bond acceptors (Lipinski definition) is 3. The minimum atomic E-state index is 0.630. The molecule has 1 fully saturated rings. The second-order valence-electron chi connectivity index (χ2n) is 5.54. The Morgan fingerprint density at radius 3 is 2.83 bits per heavy atom. The molecule has 0 amide bonds. The number of nitrogens with zero attached hydrogens (tertiary/aromatic N) is 1. The predicted molar refractivity (Wildman–Crippen MR) is 74.6 cm³/mol. The summed E-state index contributed by atoms with van der Waals surface area (Å²) in [6.45, 7) is 6.41. The topological polar surface area (TPSA) is 28.4 Å². The van der Waals surface area contributed by atoms with Gasteiger partial charge < -0.3 is 9.73 Å². The van der Waals surface area contributed by atoms with Crippen LogP contribution in [0.25, 0.3) is 0 Å². The fourth-order valence-corrected chi connectivity index (χ4v) is 2.37. The van der Waals surface area contributed by atoms with Gasteiger partial charge in [0.05, 0.1) is 6.26 Å². The molecule has 1 atom stereocenters. The van der Waals surface area contributed by atoms with Gasteiger partial charge in [0.25, 0.3) is 0 Å². The molecule has 0 spiro atoms. The Hall–Kier alpha value is -0.800. The zero-order valence-corrected chi connectivity index (χ0v) is 11.9. The van der Waals surface area contributed by atoms with Crippen LogP contribution in [-0.4, -0.2) is 30.6 Å². The first kappa shape index (κ1) is 13.6. The van der Waals surface area contributed by atoms with Crippen LogP contribution in [0.15, 0.2) is 16.7 Å². The van der Waals surface area contributed by atoms with E-state index >= 15 is 0 Å². The molecular weight excluding hydrogens is 224 g/mol. The van der Waals surface area contributed by atoms with Gasteiger partial charge in [0.2, 0.25) is 0 Å². The zero-order valence-electron chi connectivity index (χ0n) is 11.9. The van der Waals surface area contributed by atoms with E-state index in [-0.39, 0.29) is 0 Å². The van der Waals surface area contributed by atoms with Crippen molar-refractivity contribution in [3.05, 3.63) is 23.7 Å². The van der Waals surface area contributed by atoms with Gasteiger partial charge in [-0.1, -0.05) is 13.3 Å². The third-order valence-corrected chi connectivity index (χ3v) is 3.85. The number of hydrogen-bond donors (Lipinski definition) is 1. The number of furan rings is 1. The standard InChI is InChI=1S/C15H26N2O/c1-4-5-15(10-16-14-6-7-14)17(3)11-13-8-9-18-12(13)2/h8-9,14-16H,4-7,10-11H2,1-3H3. The minimum absolute atomic E-state index is 0.630. The molecule has 3 heteroatoms. The van der Waals surface area contributed by atoms with Crippen molar-refractivity contribution in [2.75, 3.05) is 13.6 Å². The SMILES string of the molecule is CCCC(CNC1CC1)N(C)Cc1ccoc1C. The normalized spacial score (nSPS) is 17.3. The van der Waals surface area contributed by atoms with E-state index in [0.717, 1.165) is 24.9 Å². The van der Waals surface area contributed by atoms with Crippen molar-refractivity contribution in [3.63, 3.8) is 0 Å². The van der Waals surface area contributed by atoms with Crippen LogP contribution in [0, 0.1) is 6.92 Å². The molecule has 2 rings (SSSR count). The summed E-state index contributed by atoms with van der Waals surface area (Å²) >= 11 is 0. The van der Waals surface area contributed by atoms with E-state index in [1.165, 1.54) is 31.2 Å². The molecule has 3 nitrogen and oxygen atoms in total. The first-order valence-corrected chi connectivity index (χ1v) is 7.17. The Kier molecular flexibility index (Phi) is 4.84. The molecule has 1 aromatic rings. The maximum Gasteiger partial charge on any atom is 0.105 e. The summed E-state index contributed by atoms with van der Waals surface area (Å²) in [6.07, 6.45) is 7.02. The van der Waals surface area contributed by atoms with Gasteiger partial charge in [0, 0.05) is 30.7 Å². The highest BCUT2D eigenvalue weighted by molar-refractivity contribution is 5.15. The number of aryl methyl sites for hydroxylation is 1. The number of rotatable bonds is 8. The monoisotopic (exact) mass is 250 g/mol. The van der Waals surface area contributed by atoms with E-state index in [1.807, 2.05) is 6.92 Å². The van der Waals surface area contributed by atoms with Crippen molar-refractivity contribution in [1.82, 2.24) is 10.2 Å². The minimum Gasteiger partial charge on any atom is -0.469 e. The van der Waals surface area contributed by atoms with Crippen LogP contribution in [0.3, 0.4) is 0 Å². The van der Waals surface area contributed by atoms with Gasteiger partial charge in [-0.2, -0.15) is 0 Å². The van der Waals surface area contributed by atoms with Crippen molar-refractivity contribution in [2.24, 2.45) is 0 Å². The van der Waals surface area contributed by atoms with Crippen LogP contribution in [0.4, 0.5) is 0 Å². The van der Waals surface area contributed by atoms with Crippen LogP contribution >= 0.6 is 0 Å². The summed E-state index contributed by atoms with van der Waals surface area (Å²) in [7, 11) is 2.22. The van der Waals surface area contributed by atoms with Crippen LogP contribution < -0.4 is 5.32 Å². The van der Waals surface area contributed by atoms with Crippen LogP contribution in [-0.2, 0) is 6.54 Å². The molecule has 0 aliphatic heterocycles. The lowest BCUT2D eigenvalue weighted by Gasteiger charge is -2.28. The second kappa shape index (κ2) is 6.39. The molecule has 18 heavy (non-hydrogen) atoms. The summed E-state index contributed by atoms with van der Waals surface area (Å²) in [5.74, 6) is 1.05. The molecule has 0 radical (unpaired) electrons. The summed E-state index contributed by atoms with van der Waals surface area (Å²) in [4.78, 5) is 2.46. The molecule has 1 heterocycles. The fraction of sp³-hybridized carbons (Fsp3) is 0.733. The van der Waals surface area contributed by atoms with E-state index in [0.29, 0.717) is 6.04 Å². The summed E-state index contributed by atoms with van der Waals surface area (Å²) < 4.78 is 5.37. The van der Waals surface area contributed by atoms with Gasteiger partial charge in [0.15, 0.2) is 0 Å². The van der Waals surface area contributed by atoms with E-state index < -0.39 is 0 Å². The Bertz CT molecular complexity index is 357. The Labute approximate surface area is 111 Å². The van der Waals surface area contributed by atoms with Crippen LogP contribution in [0.1, 0.15) is 43.9 Å². The van der Waals surface area contributed by atoms with Gasteiger partial charge in [-0.15, -0.1) is 0 Å². The van der Waals surface area contributed by atoms with Crippen LogP contribution in [0.5, 0.6) is 0 Å². The third kappa shape index (κ3) is 3.85. The Morgan fingerprint density at radius 1 is 1.50 bits per heavy atom. The zero-order chi connectivity index (χ0) is 13.0. The van der Waals surface area contributed by atoms with Gasteiger partial charge in [-0.05, 0) is 39.3 Å². The van der Waals surface area contributed by atoms with Crippen molar-refractivity contribution >= 4 is 0 Å². The molecule has 1 aliphatic carbocycles. The molecule has 1 saturated carbocycles. The smallest absolute Gasteiger partial charge is 0.105 e. The molecule has 0 saturated heterocycles. The average Bonchev–Trinajstić information content (AvgIpc) is 3.09. The maximum atomic E-state index is 5.37. The van der Waals surface area contributed by atoms with Crippen molar-refractivity contribution < 1.29 is 4.42 Å². The first-order valence-electron chi connectivity index (χ1n) is 7.17. The van der Waals surface area contributed by atoms with Crippen molar-refractivity contribution in [3.8, 4) is 0 Å². The summed E-state index contributed by atoms with van der Waals surface area (Å²) in [6, 6.07) is 3.52. The Balaban J connectivity index is 1.85. The highest BCUT2D eigenvalue weighted by Gasteiger charge is 2.23. The lowest BCUT2D eigenvalue weighted by molar-refractivity contribution is 0.213. The summed E-state index contributed by atoms with van der Waals surface area (Å²) in [5, 5.41) is 3.65. The molecule has 0 aromatic carbocycles. The van der Waals surface area contributed by atoms with E-state index in [1.54, 1.807) is 6.26 Å². The lowest BCUT2D eigenvalue weighted by Crippen LogP contribution is -2.40. The predicted octanol–water partition coefficient (Wildman–Crippen LogP) is 2.94. The Morgan fingerprint density at radius 2 is 2.28 bits per heavy atom. The molecule has 1 aromatic heterocycles. The van der Waals surface area contributed by atoms with Gasteiger partial charge >= 0.3 is 0 Å². The van der Waals surface area contributed by atoms with Crippen LogP contribution in [0.2, 0.25) is 0 Å².